The van der Waals surface area contributed by atoms with Crippen molar-refractivity contribution in [2.24, 2.45) is 7.05 Å². The van der Waals surface area contributed by atoms with Gasteiger partial charge in [-0.15, -0.1) is 0 Å². The van der Waals surface area contributed by atoms with Gasteiger partial charge in [0.25, 0.3) is 5.69 Å². The number of methoxy groups -OCH3 is 1. The number of fused-ring (bicyclic) bond motifs is 1. The Bertz CT molecular complexity index is 1190. The lowest BCUT2D eigenvalue weighted by atomic mass is 10.3. The van der Waals surface area contributed by atoms with Gasteiger partial charge in [-0.3, -0.25) is 10.1 Å². The Morgan fingerprint density at radius 1 is 1.28 bits per heavy atom. The van der Waals surface area contributed by atoms with Gasteiger partial charge in [0, 0.05) is 25.7 Å². The number of nitro groups is 1. The first kappa shape index (κ1) is 20.2. The highest BCUT2D eigenvalue weighted by molar-refractivity contribution is 7.91. The van der Waals surface area contributed by atoms with Crippen LogP contribution in [0.5, 0.6) is 0 Å². The van der Waals surface area contributed by atoms with Crippen LogP contribution in [0.25, 0.3) is 11.0 Å². The fourth-order valence-corrected chi connectivity index (χ4v) is 3.93. The average Bonchev–Trinajstić information content (AvgIpc) is 3.05. The van der Waals surface area contributed by atoms with Gasteiger partial charge < -0.3 is 14.6 Å². The summed E-state index contributed by atoms with van der Waals surface area (Å²) in [5.41, 5.74) is 0.585. The molecule has 3 aromatic rings. The molecule has 1 aromatic carbocycles. The Morgan fingerprint density at radius 3 is 2.59 bits per heavy atom. The fourth-order valence-electron chi connectivity index (χ4n) is 2.77. The highest BCUT2D eigenvalue weighted by Crippen LogP contribution is 2.23. The van der Waals surface area contributed by atoms with E-state index >= 15 is 0 Å². The number of hydrogen-bond acceptors (Lipinski definition) is 9. The molecule has 0 aliphatic rings. The maximum Gasteiger partial charge on any atom is 0.354 e. The minimum atomic E-state index is -3.65. The van der Waals surface area contributed by atoms with Crippen molar-refractivity contribution in [3.05, 3.63) is 52.5 Å². The minimum Gasteiger partial charge on any atom is -0.464 e. The third-order valence-electron chi connectivity index (χ3n) is 4.29. The van der Waals surface area contributed by atoms with Crippen molar-refractivity contribution in [2.75, 3.05) is 24.7 Å². The van der Waals surface area contributed by atoms with Crippen LogP contribution in [-0.4, -0.2) is 53.3 Å². The summed E-state index contributed by atoms with van der Waals surface area (Å²) < 4.78 is 31.2. The zero-order chi connectivity index (χ0) is 21.2. The third-order valence-corrected chi connectivity index (χ3v) is 6.02. The molecule has 11 nitrogen and oxygen atoms in total. The molecule has 0 unspecified atom stereocenters. The number of nitrogens with zero attached hydrogens (tertiary/aromatic N) is 4. The number of rotatable bonds is 7. The van der Waals surface area contributed by atoms with Gasteiger partial charge in [-0.05, 0) is 18.2 Å². The van der Waals surface area contributed by atoms with Gasteiger partial charge in [0.2, 0.25) is 0 Å². The number of aromatic nitrogens is 3. The molecular formula is C17H17N5O6S. The van der Waals surface area contributed by atoms with Crippen LogP contribution in [0.2, 0.25) is 0 Å². The van der Waals surface area contributed by atoms with E-state index in [0.717, 1.165) is 12.1 Å². The summed E-state index contributed by atoms with van der Waals surface area (Å²) in [5, 5.41) is 14.2. The molecule has 0 saturated heterocycles. The van der Waals surface area contributed by atoms with Crippen LogP contribution in [-0.2, 0) is 21.6 Å². The van der Waals surface area contributed by atoms with E-state index in [1.807, 2.05) is 0 Å². The molecule has 29 heavy (non-hydrogen) atoms. The van der Waals surface area contributed by atoms with Gasteiger partial charge in [-0.1, -0.05) is 0 Å². The standard InChI is InChI=1S/C17H17N5O6S/c1-21-14(17(23)28-2)9-13-15(19-10-20-16(13)21)18-7-8-29(26,27)12-5-3-11(4-6-12)22(24)25/h3-6,9-10H,7-8H2,1-2H3,(H,18,19,20). The number of hydrogen-bond donors (Lipinski definition) is 1. The van der Waals surface area contributed by atoms with E-state index in [-0.39, 0.29) is 28.6 Å². The number of esters is 1. The summed E-state index contributed by atoms with van der Waals surface area (Å²) in [7, 11) is -0.725. The van der Waals surface area contributed by atoms with E-state index in [9.17, 15) is 23.3 Å². The number of carbonyl (C=O) groups is 1. The summed E-state index contributed by atoms with van der Waals surface area (Å²) in [6.45, 7) is 0.0356. The lowest BCUT2D eigenvalue weighted by Crippen LogP contribution is -2.16. The van der Waals surface area contributed by atoms with Crippen LogP contribution in [0.1, 0.15) is 10.5 Å². The van der Waals surface area contributed by atoms with Crippen LogP contribution < -0.4 is 5.32 Å². The molecule has 152 valence electrons. The highest BCUT2D eigenvalue weighted by atomic mass is 32.2. The number of benzene rings is 1. The molecule has 0 radical (unpaired) electrons. The van der Waals surface area contributed by atoms with Crippen molar-refractivity contribution < 1.29 is 22.9 Å². The van der Waals surface area contributed by atoms with Crippen molar-refractivity contribution in [3.63, 3.8) is 0 Å². The van der Waals surface area contributed by atoms with Gasteiger partial charge in [0.15, 0.2) is 9.84 Å². The van der Waals surface area contributed by atoms with E-state index in [1.165, 1.54) is 25.6 Å². The Labute approximate surface area is 165 Å². The third kappa shape index (κ3) is 4.01. The van der Waals surface area contributed by atoms with Crippen molar-refractivity contribution in [2.45, 2.75) is 4.90 Å². The second kappa shape index (κ2) is 7.83. The normalized spacial score (nSPS) is 11.4. The molecule has 0 saturated carbocycles. The SMILES string of the molecule is COC(=O)c1cc2c(NCCS(=O)(=O)c3ccc([N+](=O)[O-])cc3)ncnc2n1C. The minimum absolute atomic E-state index is 0.00887. The number of ether oxygens (including phenoxy) is 1. The van der Waals surface area contributed by atoms with Gasteiger partial charge in [-0.25, -0.2) is 23.2 Å². The predicted octanol–water partition coefficient (Wildman–Crippen LogP) is 1.55. The number of non-ortho nitro benzene ring substituents is 1. The Morgan fingerprint density at radius 2 is 1.97 bits per heavy atom. The Balaban J connectivity index is 1.77. The Kier molecular flexibility index (Phi) is 5.46. The first-order valence-electron chi connectivity index (χ1n) is 8.34. The predicted molar refractivity (Wildman–Crippen MR) is 103 cm³/mol. The molecule has 0 fully saturated rings. The highest BCUT2D eigenvalue weighted by Gasteiger charge is 2.19. The van der Waals surface area contributed by atoms with Gasteiger partial charge in [0.05, 0.1) is 28.1 Å². The van der Waals surface area contributed by atoms with Crippen LogP contribution in [0.4, 0.5) is 11.5 Å². The van der Waals surface area contributed by atoms with Gasteiger partial charge >= 0.3 is 5.97 Å². The number of anilines is 1. The number of sulfone groups is 1. The van der Waals surface area contributed by atoms with Crippen molar-refractivity contribution >= 4 is 38.3 Å². The lowest BCUT2D eigenvalue weighted by molar-refractivity contribution is -0.384. The second-order valence-electron chi connectivity index (χ2n) is 6.04. The van der Waals surface area contributed by atoms with Crippen LogP contribution in [0, 0.1) is 10.1 Å². The fraction of sp³-hybridized carbons (Fsp3) is 0.235. The molecule has 0 aliphatic heterocycles. The number of nitrogens with one attached hydrogen (secondary N) is 1. The van der Waals surface area contributed by atoms with E-state index in [1.54, 1.807) is 17.7 Å². The monoisotopic (exact) mass is 419 g/mol. The molecule has 2 aromatic heterocycles. The molecular weight excluding hydrogens is 402 g/mol. The molecule has 0 aliphatic carbocycles. The van der Waals surface area contributed by atoms with Crippen LogP contribution in [0.15, 0.2) is 41.6 Å². The number of nitro benzene ring substituents is 1. The number of carbonyl (C=O) groups excluding carboxylic acids is 1. The molecule has 3 rings (SSSR count). The average molecular weight is 419 g/mol. The van der Waals surface area contributed by atoms with Gasteiger partial charge in [-0.2, -0.15) is 0 Å². The molecule has 12 heteroatoms. The molecule has 0 bridgehead atoms. The Hall–Kier alpha value is -3.54. The summed E-state index contributed by atoms with van der Waals surface area (Å²) >= 11 is 0. The largest absolute Gasteiger partial charge is 0.464 e. The maximum atomic E-state index is 12.4. The zero-order valence-electron chi connectivity index (χ0n) is 15.5. The van der Waals surface area contributed by atoms with Crippen molar-refractivity contribution in [1.29, 1.82) is 0 Å². The summed E-state index contributed by atoms with van der Waals surface area (Å²) in [6, 6.07) is 6.26. The zero-order valence-corrected chi connectivity index (χ0v) is 16.3. The smallest absolute Gasteiger partial charge is 0.354 e. The quantitative estimate of drug-likeness (QED) is 0.342. The van der Waals surface area contributed by atoms with E-state index in [0.29, 0.717) is 16.9 Å². The van der Waals surface area contributed by atoms with E-state index < -0.39 is 20.7 Å². The van der Waals surface area contributed by atoms with Crippen molar-refractivity contribution in [1.82, 2.24) is 14.5 Å². The van der Waals surface area contributed by atoms with Crippen molar-refractivity contribution in [3.8, 4) is 0 Å². The van der Waals surface area contributed by atoms with E-state index in [4.69, 9.17) is 4.74 Å². The summed E-state index contributed by atoms with van der Waals surface area (Å²) in [6.07, 6.45) is 1.30. The van der Waals surface area contributed by atoms with Crippen LogP contribution in [0.3, 0.4) is 0 Å². The summed E-state index contributed by atoms with van der Waals surface area (Å²) in [5.74, 6) is -0.413. The van der Waals surface area contributed by atoms with E-state index in [2.05, 4.69) is 15.3 Å². The summed E-state index contributed by atoms with van der Waals surface area (Å²) in [4.78, 5) is 30.2. The van der Waals surface area contributed by atoms with Gasteiger partial charge in [0.1, 0.15) is 23.5 Å². The number of aryl methyl sites for hydroxylation is 1. The molecule has 0 atom stereocenters. The molecule has 2 heterocycles. The lowest BCUT2D eigenvalue weighted by Gasteiger charge is -2.08. The first-order chi connectivity index (χ1) is 13.7. The maximum absolute atomic E-state index is 12.4. The topological polar surface area (TPSA) is 146 Å². The molecule has 1 N–H and O–H groups in total. The molecule has 0 spiro atoms. The molecule has 0 amide bonds. The second-order valence-corrected chi connectivity index (χ2v) is 8.15. The van der Waals surface area contributed by atoms with Crippen LogP contribution >= 0.6 is 0 Å². The first-order valence-corrected chi connectivity index (χ1v) is 9.99.